The Morgan fingerprint density at radius 2 is 1.87 bits per heavy atom. The summed E-state index contributed by atoms with van der Waals surface area (Å²) in [6, 6.07) is 14.7. The minimum atomic E-state index is -3.73. The predicted octanol–water partition coefficient (Wildman–Crippen LogP) is 2.90. The highest BCUT2D eigenvalue weighted by Gasteiger charge is 2.26. The Hall–Kier alpha value is -2.52. The number of pyridine rings is 1. The summed E-state index contributed by atoms with van der Waals surface area (Å²) in [7, 11) is -2.10. The average molecular weight is 442 g/mol. The van der Waals surface area contributed by atoms with Crippen molar-refractivity contribution < 1.29 is 17.9 Å². The Bertz CT molecular complexity index is 1140. The summed E-state index contributed by atoms with van der Waals surface area (Å²) in [5, 5.41) is 0.627. The summed E-state index contributed by atoms with van der Waals surface area (Å²) in [5.74, 6) is 0.767. The normalized spacial score (nSPS) is 16.3. The lowest BCUT2D eigenvalue weighted by Crippen LogP contribution is -2.43. The van der Waals surface area contributed by atoms with Gasteiger partial charge in [0.15, 0.2) is 0 Å². The van der Waals surface area contributed by atoms with Gasteiger partial charge in [-0.1, -0.05) is 18.2 Å². The van der Waals surface area contributed by atoms with Crippen molar-refractivity contribution in [1.82, 2.24) is 14.6 Å². The van der Waals surface area contributed by atoms with Crippen LogP contribution >= 0.6 is 0 Å². The van der Waals surface area contributed by atoms with Gasteiger partial charge in [-0.2, -0.15) is 0 Å². The van der Waals surface area contributed by atoms with E-state index in [0.717, 1.165) is 30.0 Å². The van der Waals surface area contributed by atoms with Gasteiger partial charge in [-0.25, -0.2) is 13.1 Å². The summed E-state index contributed by atoms with van der Waals surface area (Å²) in [5.41, 5.74) is 2.67. The second-order valence-electron chi connectivity index (χ2n) is 7.57. The fourth-order valence-electron chi connectivity index (χ4n) is 3.96. The first-order chi connectivity index (χ1) is 15.0. The van der Waals surface area contributed by atoms with Gasteiger partial charge in [-0.05, 0) is 48.4 Å². The van der Waals surface area contributed by atoms with Crippen molar-refractivity contribution in [3.63, 3.8) is 0 Å². The molecule has 0 aliphatic carbocycles. The zero-order valence-corrected chi connectivity index (χ0v) is 18.6. The van der Waals surface area contributed by atoms with Gasteiger partial charge in [0.25, 0.3) is 0 Å². The van der Waals surface area contributed by atoms with Crippen LogP contribution in [0.25, 0.3) is 10.9 Å². The van der Waals surface area contributed by atoms with Crippen molar-refractivity contribution in [2.24, 2.45) is 0 Å². The van der Waals surface area contributed by atoms with Gasteiger partial charge in [0.1, 0.15) is 5.75 Å². The number of morpholine rings is 1. The van der Waals surface area contributed by atoms with Crippen LogP contribution in [0.5, 0.6) is 5.75 Å². The van der Waals surface area contributed by atoms with Gasteiger partial charge >= 0.3 is 0 Å². The molecule has 1 fully saturated rings. The Morgan fingerprint density at radius 3 is 2.58 bits per heavy atom. The number of hydrogen-bond donors (Lipinski definition) is 1. The molecule has 0 bridgehead atoms. The molecule has 164 valence electrons. The van der Waals surface area contributed by atoms with E-state index in [2.05, 4.69) is 14.6 Å². The van der Waals surface area contributed by atoms with E-state index < -0.39 is 10.0 Å². The van der Waals surface area contributed by atoms with Crippen LogP contribution in [0.2, 0.25) is 0 Å². The molecule has 1 aliphatic heterocycles. The van der Waals surface area contributed by atoms with Crippen molar-refractivity contribution in [2.45, 2.75) is 17.9 Å². The van der Waals surface area contributed by atoms with Crippen LogP contribution in [0.3, 0.4) is 0 Å². The third-order valence-electron chi connectivity index (χ3n) is 5.67. The zero-order chi connectivity index (χ0) is 21.8. The zero-order valence-electron chi connectivity index (χ0n) is 17.7. The van der Waals surface area contributed by atoms with Crippen molar-refractivity contribution >= 4 is 20.9 Å². The lowest BCUT2D eigenvalue weighted by molar-refractivity contribution is 0.0172. The Morgan fingerprint density at radius 1 is 1.13 bits per heavy atom. The number of benzene rings is 2. The van der Waals surface area contributed by atoms with Gasteiger partial charge in [0.2, 0.25) is 10.0 Å². The SMILES string of the molecule is COc1ccc(C(CNS(=O)(=O)c2ccc(C)c3ncccc23)N2CCOCC2)cc1. The van der Waals surface area contributed by atoms with Gasteiger partial charge in [-0.3, -0.25) is 9.88 Å². The van der Waals surface area contributed by atoms with Crippen LogP contribution < -0.4 is 9.46 Å². The number of nitrogens with one attached hydrogen (secondary N) is 1. The topological polar surface area (TPSA) is 80.8 Å². The standard InChI is InChI=1S/C23H27N3O4S/c1-17-5-10-22(20-4-3-11-24-23(17)20)31(27,28)25-16-21(26-12-14-30-15-13-26)18-6-8-19(29-2)9-7-18/h3-11,21,25H,12-16H2,1-2H3. The largest absolute Gasteiger partial charge is 0.497 e. The smallest absolute Gasteiger partial charge is 0.241 e. The number of hydrogen-bond acceptors (Lipinski definition) is 6. The fraction of sp³-hybridized carbons (Fsp3) is 0.348. The molecule has 7 nitrogen and oxygen atoms in total. The van der Waals surface area contributed by atoms with Crippen LogP contribution in [0.15, 0.2) is 59.6 Å². The molecule has 3 aromatic rings. The van der Waals surface area contributed by atoms with Crippen LogP contribution in [-0.2, 0) is 14.8 Å². The molecule has 1 N–H and O–H groups in total. The summed E-state index contributed by atoms with van der Waals surface area (Å²) < 4.78 is 40.1. The Balaban J connectivity index is 1.62. The molecular weight excluding hydrogens is 414 g/mol. The Kier molecular flexibility index (Phi) is 6.52. The molecular formula is C23H27N3O4S. The minimum absolute atomic E-state index is 0.112. The highest BCUT2D eigenvalue weighted by molar-refractivity contribution is 7.89. The number of sulfonamides is 1. The predicted molar refractivity (Wildman–Crippen MR) is 120 cm³/mol. The van der Waals surface area contributed by atoms with Crippen molar-refractivity contribution in [1.29, 1.82) is 0 Å². The molecule has 4 rings (SSSR count). The van der Waals surface area contributed by atoms with Crippen molar-refractivity contribution in [2.75, 3.05) is 40.0 Å². The first kappa shape index (κ1) is 21.7. The summed E-state index contributed by atoms with van der Waals surface area (Å²) in [6.07, 6.45) is 1.68. The van der Waals surface area contributed by atoms with E-state index in [-0.39, 0.29) is 17.5 Å². The molecule has 2 aromatic carbocycles. The molecule has 2 heterocycles. The second-order valence-corrected chi connectivity index (χ2v) is 9.30. The molecule has 1 unspecified atom stereocenters. The maximum Gasteiger partial charge on any atom is 0.241 e. The van der Waals surface area contributed by atoms with E-state index in [1.54, 1.807) is 37.6 Å². The Labute approximate surface area is 183 Å². The molecule has 0 saturated carbocycles. The van der Waals surface area contributed by atoms with Crippen LogP contribution in [0.4, 0.5) is 0 Å². The van der Waals surface area contributed by atoms with Crippen molar-refractivity contribution in [3.05, 3.63) is 65.9 Å². The van der Waals surface area contributed by atoms with Crippen molar-refractivity contribution in [3.8, 4) is 5.75 Å². The summed E-state index contributed by atoms with van der Waals surface area (Å²) in [6.45, 7) is 4.94. The first-order valence-corrected chi connectivity index (χ1v) is 11.8. The van der Waals surface area contributed by atoms with E-state index in [1.807, 2.05) is 31.2 Å². The second kappa shape index (κ2) is 9.32. The van der Waals surface area contributed by atoms with Gasteiger partial charge < -0.3 is 9.47 Å². The van der Waals surface area contributed by atoms with E-state index in [9.17, 15) is 8.42 Å². The monoisotopic (exact) mass is 441 g/mol. The first-order valence-electron chi connectivity index (χ1n) is 10.3. The highest BCUT2D eigenvalue weighted by Crippen LogP contribution is 2.27. The molecule has 1 aliphatic rings. The van der Waals surface area contributed by atoms with Gasteiger partial charge in [0, 0.05) is 37.3 Å². The van der Waals surface area contributed by atoms with E-state index in [0.29, 0.717) is 24.1 Å². The lowest BCUT2D eigenvalue weighted by atomic mass is 10.0. The van der Waals surface area contributed by atoms with E-state index in [1.165, 1.54) is 0 Å². The summed E-state index contributed by atoms with van der Waals surface area (Å²) >= 11 is 0. The average Bonchev–Trinajstić information content (AvgIpc) is 2.80. The molecule has 1 aromatic heterocycles. The number of aromatic nitrogens is 1. The van der Waals surface area contributed by atoms with Crippen LogP contribution in [-0.4, -0.2) is 58.3 Å². The number of ether oxygens (including phenoxy) is 2. The third kappa shape index (κ3) is 4.72. The maximum atomic E-state index is 13.3. The number of methoxy groups -OCH3 is 1. The number of fused-ring (bicyclic) bond motifs is 1. The van der Waals surface area contributed by atoms with Gasteiger partial charge in [0.05, 0.1) is 30.7 Å². The quantitative estimate of drug-likeness (QED) is 0.607. The lowest BCUT2D eigenvalue weighted by Gasteiger charge is -2.35. The van der Waals surface area contributed by atoms with Crippen LogP contribution in [0, 0.1) is 6.92 Å². The maximum absolute atomic E-state index is 13.3. The fourth-order valence-corrected chi connectivity index (χ4v) is 5.20. The highest BCUT2D eigenvalue weighted by atomic mass is 32.2. The number of nitrogens with zero attached hydrogens (tertiary/aromatic N) is 2. The number of rotatable bonds is 7. The summed E-state index contributed by atoms with van der Waals surface area (Å²) in [4.78, 5) is 6.86. The molecule has 1 atom stereocenters. The molecule has 0 spiro atoms. The molecule has 0 radical (unpaired) electrons. The molecule has 1 saturated heterocycles. The van der Waals surface area contributed by atoms with Gasteiger partial charge in [-0.15, -0.1) is 0 Å². The van der Waals surface area contributed by atoms with E-state index in [4.69, 9.17) is 9.47 Å². The minimum Gasteiger partial charge on any atom is -0.497 e. The third-order valence-corrected chi connectivity index (χ3v) is 7.16. The van der Waals surface area contributed by atoms with Crippen LogP contribution in [0.1, 0.15) is 17.2 Å². The molecule has 8 heteroatoms. The molecule has 0 amide bonds. The van der Waals surface area contributed by atoms with E-state index >= 15 is 0 Å². The molecule has 31 heavy (non-hydrogen) atoms. The number of aryl methyl sites for hydroxylation is 1.